The van der Waals surface area contributed by atoms with E-state index in [-0.39, 0.29) is 0 Å². The van der Waals surface area contributed by atoms with E-state index in [4.69, 9.17) is 16.3 Å². The van der Waals surface area contributed by atoms with Crippen LogP contribution in [0, 0.1) is 0 Å². The van der Waals surface area contributed by atoms with E-state index >= 15 is 0 Å². The highest BCUT2D eigenvalue weighted by atomic mass is 35.5. The number of nitrogens with zero attached hydrogens (tertiary/aromatic N) is 2. The molecule has 0 unspecified atom stereocenters. The molecule has 0 spiro atoms. The Hall–Kier alpha value is -1.30. The van der Waals surface area contributed by atoms with Crippen LogP contribution >= 0.6 is 34.7 Å². The highest BCUT2D eigenvalue weighted by Gasteiger charge is 2.10. The summed E-state index contributed by atoms with van der Waals surface area (Å²) in [5, 5.41) is 2.30. The first-order valence-corrected chi connectivity index (χ1v) is 10.2. The molecule has 0 atom stereocenters. The molecule has 3 rings (SSSR count). The fourth-order valence-corrected chi connectivity index (χ4v) is 4.43. The van der Waals surface area contributed by atoms with Crippen molar-refractivity contribution in [3.05, 3.63) is 46.4 Å². The Balaban J connectivity index is 1.45. The van der Waals surface area contributed by atoms with Gasteiger partial charge >= 0.3 is 0 Å². The van der Waals surface area contributed by atoms with Crippen LogP contribution in [0.5, 0.6) is 5.75 Å². The second kappa shape index (κ2) is 8.70. The molecule has 6 heteroatoms. The lowest BCUT2D eigenvalue weighted by Crippen LogP contribution is -1.98. The van der Waals surface area contributed by atoms with E-state index < -0.39 is 0 Å². The predicted molar refractivity (Wildman–Crippen MR) is 104 cm³/mol. The second-order valence-corrected chi connectivity index (χ2v) is 7.83. The molecule has 0 aliphatic rings. The van der Waals surface area contributed by atoms with Gasteiger partial charge in [0.15, 0.2) is 5.16 Å². The molecule has 2 heterocycles. The predicted octanol–water partition coefficient (Wildman–Crippen LogP) is 5.86. The molecule has 0 aliphatic carbocycles. The van der Waals surface area contributed by atoms with Crippen LogP contribution < -0.4 is 4.74 Å². The summed E-state index contributed by atoms with van der Waals surface area (Å²) in [6.45, 7) is 2.87. The number of para-hydroxylation sites is 1. The fourth-order valence-electron chi connectivity index (χ4n) is 2.23. The summed E-state index contributed by atoms with van der Waals surface area (Å²) < 4.78 is 5.69. The number of rotatable bonds is 8. The number of hydrogen-bond donors (Lipinski definition) is 0. The van der Waals surface area contributed by atoms with E-state index in [1.54, 1.807) is 23.1 Å². The molecule has 0 saturated carbocycles. The molecule has 0 bridgehead atoms. The molecule has 1 aromatic carbocycles. The summed E-state index contributed by atoms with van der Waals surface area (Å²) in [7, 11) is 0. The smallest absolute Gasteiger partial charge is 0.190 e. The van der Waals surface area contributed by atoms with Crippen LogP contribution in [0.15, 0.2) is 41.6 Å². The molecule has 0 fully saturated rings. The first-order valence-electron chi connectivity index (χ1n) is 8.03. The van der Waals surface area contributed by atoms with Gasteiger partial charge in [-0.15, -0.1) is 11.3 Å². The molecule has 0 amide bonds. The number of ether oxygens (including phenoxy) is 1. The summed E-state index contributed by atoms with van der Waals surface area (Å²) in [5.74, 6) is 1.89. The molecule has 0 N–H and O–H groups in total. The zero-order valence-corrected chi connectivity index (χ0v) is 15.9. The Morgan fingerprint density at radius 3 is 2.79 bits per heavy atom. The third kappa shape index (κ3) is 4.62. The van der Waals surface area contributed by atoms with Crippen molar-refractivity contribution in [3.63, 3.8) is 0 Å². The number of fused-ring (bicyclic) bond motifs is 1. The molecular formula is C18H19ClN2OS2. The van der Waals surface area contributed by atoms with Crippen molar-refractivity contribution in [3.8, 4) is 5.75 Å². The van der Waals surface area contributed by atoms with E-state index in [0.717, 1.165) is 52.7 Å². The Morgan fingerprint density at radius 2 is 2.00 bits per heavy atom. The lowest BCUT2D eigenvalue weighted by molar-refractivity contribution is 0.310. The Morgan fingerprint density at radius 1 is 1.17 bits per heavy atom. The third-order valence-electron chi connectivity index (χ3n) is 3.51. The minimum absolute atomic E-state index is 0.561. The molecule has 2 aromatic heterocycles. The number of thiophene rings is 1. The maximum absolute atomic E-state index is 6.29. The highest BCUT2D eigenvalue weighted by molar-refractivity contribution is 7.99. The summed E-state index contributed by atoms with van der Waals surface area (Å²) in [6.07, 6.45) is 3.07. The van der Waals surface area contributed by atoms with Crippen LogP contribution in [-0.2, 0) is 6.42 Å². The summed E-state index contributed by atoms with van der Waals surface area (Å²) in [4.78, 5) is 11.3. The molecule has 24 heavy (non-hydrogen) atoms. The SMILES string of the molecule is CCc1cc2c(Cl)nc(SCCCCOc3ccccc3)nc2s1. The van der Waals surface area contributed by atoms with Crippen LogP contribution in [0.1, 0.15) is 24.6 Å². The largest absolute Gasteiger partial charge is 0.494 e. The number of aromatic nitrogens is 2. The summed E-state index contributed by atoms with van der Waals surface area (Å²) >= 11 is 9.64. The van der Waals surface area contributed by atoms with Crippen molar-refractivity contribution in [1.82, 2.24) is 9.97 Å². The van der Waals surface area contributed by atoms with Crippen LogP contribution in [0.3, 0.4) is 0 Å². The van der Waals surface area contributed by atoms with Gasteiger partial charge in [-0.05, 0) is 37.5 Å². The Bertz CT molecular complexity index is 792. The molecular weight excluding hydrogens is 360 g/mol. The van der Waals surface area contributed by atoms with Gasteiger partial charge in [-0.25, -0.2) is 9.97 Å². The number of hydrogen-bond acceptors (Lipinski definition) is 5. The van der Waals surface area contributed by atoms with E-state index in [1.165, 1.54) is 4.88 Å². The van der Waals surface area contributed by atoms with Crippen molar-refractivity contribution >= 4 is 44.9 Å². The number of unbranched alkanes of at least 4 members (excludes halogenated alkanes) is 1. The van der Waals surface area contributed by atoms with Gasteiger partial charge in [-0.2, -0.15) is 0 Å². The molecule has 3 nitrogen and oxygen atoms in total. The topological polar surface area (TPSA) is 35.0 Å². The van der Waals surface area contributed by atoms with Gasteiger partial charge in [0.25, 0.3) is 0 Å². The van der Waals surface area contributed by atoms with Crippen LogP contribution in [0.4, 0.5) is 0 Å². The monoisotopic (exact) mass is 378 g/mol. The quantitative estimate of drug-likeness (QED) is 0.213. The number of benzene rings is 1. The van der Waals surface area contributed by atoms with Crippen molar-refractivity contribution in [2.75, 3.05) is 12.4 Å². The van der Waals surface area contributed by atoms with Gasteiger partial charge in [0.2, 0.25) is 0 Å². The molecule has 0 saturated heterocycles. The zero-order valence-electron chi connectivity index (χ0n) is 13.5. The van der Waals surface area contributed by atoms with Crippen LogP contribution in [0.25, 0.3) is 10.2 Å². The lowest BCUT2D eigenvalue weighted by Gasteiger charge is -2.05. The van der Waals surface area contributed by atoms with Crippen molar-refractivity contribution in [2.45, 2.75) is 31.3 Å². The van der Waals surface area contributed by atoms with Crippen LogP contribution in [0.2, 0.25) is 5.15 Å². The minimum Gasteiger partial charge on any atom is -0.494 e. The number of halogens is 1. The summed E-state index contributed by atoms with van der Waals surface area (Å²) in [5.41, 5.74) is 0. The lowest BCUT2D eigenvalue weighted by atomic mass is 10.3. The normalized spacial score (nSPS) is 11.1. The number of thioether (sulfide) groups is 1. The van der Waals surface area contributed by atoms with E-state index in [9.17, 15) is 0 Å². The first-order chi connectivity index (χ1) is 11.8. The van der Waals surface area contributed by atoms with E-state index in [2.05, 4.69) is 23.0 Å². The van der Waals surface area contributed by atoms with E-state index in [1.807, 2.05) is 30.3 Å². The minimum atomic E-state index is 0.561. The van der Waals surface area contributed by atoms with E-state index in [0.29, 0.717) is 5.15 Å². The third-order valence-corrected chi connectivity index (χ3v) is 5.90. The first kappa shape index (κ1) is 17.5. The molecule has 0 radical (unpaired) electrons. The van der Waals surface area contributed by atoms with Gasteiger partial charge in [0.1, 0.15) is 15.7 Å². The average molecular weight is 379 g/mol. The standard InChI is InChI=1S/C18H19ClN2OS2/c1-2-14-12-15-16(19)20-18(21-17(15)24-14)23-11-7-6-10-22-13-8-4-3-5-9-13/h3-5,8-9,12H,2,6-7,10-11H2,1H3. The Labute approximate surface area is 155 Å². The summed E-state index contributed by atoms with van der Waals surface area (Å²) in [6, 6.07) is 12.0. The maximum Gasteiger partial charge on any atom is 0.190 e. The van der Waals surface area contributed by atoms with Crippen molar-refractivity contribution in [2.24, 2.45) is 0 Å². The fraction of sp³-hybridized carbons (Fsp3) is 0.333. The van der Waals surface area contributed by atoms with Gasteiger partial charge in [0.05, 0.1) is 6.61 Å². The Kier molecular flexibility index (Phi) is 6.35. The maximum atomic E-state index is 6.29. The van der Waals surface area contributed by atoms with Crippen LogP contribution in [-0.4, -0.2) is 22.3 Å². The second-order valence-electron chi connectivity index (χ2n) is 5.30. The van der Waals surface area contributed by atoms with Crippen molar-refractivity contribution in [1.29, 1.82) is 0 Å². The van der Waals surface area contributed by atoms with Gasteiger partial charge < -0.3 is 4.74 Å². The highest BCUT2D eigenvalue weighted by Crippen LogP contribution is 2.31. The van der Waals surface area contributed by atoms with Gasteiger partial charge in [-0.1, -0.05) is 48.5 Å². The average Bonchev–Trinajstić information content (AvgIpc) is 3.03. The molecule has 0 aliphatic heterocycles. The zero-order chi connectivity index (χ0) is 16.8. The van der Waals surface area contributed by atoms with Gasteiger partial charge in [0, 0.05) is 16.0 Å². The van der Waals surface area contributed by atoms with Crippen molar-refractivity contribution < 1.29 is 4.74 Å². The number of aryl methyl sites for hydroxylation is 1. The van der Waals surface area contributed by atoms with Gasteiger partial charge in [-0.3, -0.25) is 0 Å². The molecule has 3 aromatic rings. The molecule has 126 valence electrons.